The van der Waals surface area contributed by atoms with E-state index >= 15 is 0 Å². The largest absolute Gasteiger partial charge is 0.504 e. The van der Waals surface area contributed by atoms with E-state index in [0.29, 0.717) is 18.8 Å². The first kappa shape index (κ1) is 7.92. The third-order valence-electron chi connectivity index (χ3n) is 1.41. The number of rotatable bonds is 2. The van der Waals surface area contributed by atoms with Crippen molar-refractivity contribution in [3.05, 3.63) is 35.8 Å². The maximum Gasteiger partial charge on any atom is 0.153 e. The molecule has 0 saturated heterocycles. The molecule has 0 aromatic heterocycles. The van der Waals surface area contributed by atoms with Gasteiger partial charge in [0.25, 0.3) is 0 Å². The van der Waals surface area contributed by atoms with E-state index in [1.807, 2.05) is 19.1 Å². The van der Waals surface area contributed by atoms with E-state index in [1.165, 1.54) is 0 Å². The molecular weight excluding hydrogens is 140 g/mol. The van der Waals surface area contributed by atoms with Gasteiger partial charge in [-0.15, -0.1) is 0 Å². The van der Waals surface area contributed by atoms with Crippen molar-refractivity contribution in [2.45, 2.75) is 13.3 Å². The molecule has 11 heavy (non-hydrogen) atoms. The number of aliphatic hydroxyl groups is 1. The molecule has 2 nitrogen and oxygen atoms in total. The lowest BCUT2D eigenvalue weighted by Gasteiger charge is -2.05. The molecule has 0 saturated carbocycles. The van der Waals surface area contributed by atoms with Crippen LogP contribution in [-0.2, 0) is 4.74 Å². The monoisotopic (exact) mass is 152 g/mol. The standard InChI is InChI=1S/C9H12O2/c1-2-11-9-7-5-3-4-6-8(9)10/h3-6,10H,2,7H2,1H3. The minimum absolute atomic E-state index is 0.233. The van der Waals surface area contributed by atoms with E-state index in [1.54, 1.807) is 12.2 Å². The number of aliphatic hydroxyl groups excluding tert-OH is 1. The fourth-order valence-electron chi connectivity index (χ4n) is 0.905. The van der Waals surface area contributed by atoms with Gasteiger partial charge in [-0.25, -0.2) is 0 Å². The molecule has 0 heterocycles. The molecule has 60 valence electrons. The first-order chi connectivity index (χ1) is 5.34. The quantitative estimate of drug-likeness (QED) is 0.658. The Kier molecular flexibility index (Phi) is 2.78. The molecular formula is C9H12O2. The van der Waals surface area contributed by atoms with Gasteiger partial charge in [-0.05, 0) is 13.0 Å². The van der Waals surface area contributed by atoms with E-state index in [0.717, 1.165) is 0 Å². The molecule has 0 bridgehead atoms. The van der Waals surface area contributed by atoms with Crippen LogP contribution in [0.25, 0.3) is 0 Å². The molecule has 1 N–H and O–H groups in total. The third kappa shape index (κ3) is 2.15. The van der Waals surface area contributed by atoms with Gasteiger partial charge in [-0.3, -0.25) is 0 Å². The lowest BCUT2D eigenvalue weighted by atomic mass is 10.3. The summed E-state index contributed by atoms with van der Waals surface area (Å²) in [6.07, 6.45) is 7.94. The van der Waals surface area contributed by atoms with Crippen molar-refractivity contribution in [3.63, 3.8) is 0 Å². The summed E-state index contributed by atoms with van der Waals surface area (Å²) >= 11 is 0. The molecule has 2 heteroatoms. The van der Waals surface area contributed by atoms with Crippen molar-refractivity contribution in [1.29, 1.82) is 0 Å². The van der Waals surface area contributed by atoms with Gasteiger partial charge in [0.05, 0.1) is 6.61 Å². The van der Waals surface area contributed by atoms with E-state index in [4.69, 9.17) is 4.74 Å². The van der Waals surface area contributed by atoms with Crippen molar-refractivity contribution in [2.75, 3.05) is 6.61 Å². The molecule has 0 aromatic rings. The molecule has 1 aliphatic rings. The normalized spacial score (nSPS) is 16.8. The lowest BCUT2D eigenvalue weighted by Crippen LogP contribution is -1.94. The lowest BCUT2D eigenvalue weighted by molar-refractivity contribution is 0.204. The Morgan fingerprint density at radius 1 is 1.55 bits per heavy atom. The second kappa shape index (κ2) is 3.86. The zero-order valence-electron chi connectivity index (χ0n) is 6.58. The van der Waals surface area contributed by atoms with Crippen LogP contribution in [0.3, 0.4) is 0 Å². The SMILES string of the molecule is CCOC1=C(O)C=CC=CC1. The Bertz CT molecular complexity index is 212. The van der Waals surface area contributed by atoms with Gasteiger partial charge >= 0.3 is 0 Å². The van der Waals surface area contributed by atoms with Gasteiger partial charge in [-0.1, -0.05) is 18.2 Å². The molecule has 0 aliphatic heterocycles. The van der Waals surface area contributed by atoms with Gasteiger partial charge < -0.3 is 9.84 Å². The Morgan fingerprint density at radius 2 is 2.36 bits per heavy atom. The highest BCUT2D eigenvalue weighted by Gasteiger charge is 2.02. The Balaban J connectivity index is 2.71. The summed E-state index contributed by atoms with van der Waals surface area (Å²) in [5.41, 5.74) is 0. The molecule has 0 fully saturated rings. The smallest absolute Gasteiger partial charge is 0.153 e. The van der Waals surface area contributed by atoms with Crippen LogP contribution >= 0.6 is 0 Å². The number of hydrogen-bond acceptors (Lipinski definition) is 2. The first-order valence-electron chi connectivity index (χ1n) is 3.72. The minimum atomic E-state index is 0.233. The van der Waals surface area contributed by atoms with E-state index in [9.17, 15) is 5.11 Å². The van der Waals surface area contributed by atoms with Gasteiger partial charge in [0.2, 0.25) is 0 Å². The van der Waals surface area contributed by atoms with Crippen LogP contribution in [0, 0.1) is 0 Å². The maximum absolute atomic E-state index is 9.31. The highest BCUT2D eigenvalue weighted by atomic mass is 16.5. The maximum atomic E-state index is 9.31. The predicted molar refractivity (Wildman–Crippen MR) is 44.2 cm³/mol. The minimum Gasteiger partial charge on any atom is -0.504 e. The molecule has 0 radical (unpaired) electrons. The Labute approximate surface area is 66.5 Å². The molecule has 0 atom stereocenters. The van der Waals surface area contributed by atoms with Crippen LogP contribution in [-0.4, -0.2) is 11.7 Å². The fraction of sp³-hybridized carbons (Fsp3) is 0.333. The van der Waals surface area contributed by atoms with E-state index < -0.39 is 0 Å². The summed E-state index contributed by atoms with van der Waals surface area (Å²) in [4.78, 5) is 0. The van der Waals surface area contributed by atoms with Gasteiger partial charge in [0, 0.05) is 6.42 Å². The zero-order valence-corrected chi connectivity index (χ0v) is 6.58. The number of allylic oxidation sites excluding steroid dienone is 4. The molecule has 1 rings (SSSR count). The molecule has 0 amide bonds. The molecule has 0 aromatic carbocycles. The number of hydrogen-bond donors (Lipinski definition) is 1. The zero-order chi connectivity index (χ0) is 8.10. The average molecular weight is 152 g/mol. The molecule has 1 aliphatic carbocycles. The second-order valence-corrected chi connectivity index (χ2v) is 2.23. The highest BCUT2D eigenvalue weighted by Crippen LogP contribution is 2.13. The second-order valence-electron chi connectivity index (χ2n) is 2.23. The van der Waals surface area contributed by atoms with E-state index in [-0.39, 0.29) is 5.76 Å². The first-order valence-corrected chi connectivity index (χ1v) is 3.72. The van der Waals surface area contributed by atoms with Crippen LogP contribution in [0.15, 0.2) is 35.8 Å². The summed E-state index contributed by atoms with van der Waals surface area (Å²) in [5, 5.41) is 9.31. The molecule has 0 spiro atoms. The van der Waals surface area contributed by atoms with E-state index in [2.05, 4.69) is 0 Å². The Morgan fingerprint density at radius 3 is 3.09 bits per heavy atom. The summed E-state index contributed by atoms with van der Waals surface area (Å²) in [7, 11) is 0. The topological polar surface area (TPSA) is 29.5 Å². The van der Waals surface area contributed by atoms with Crippen molar-refractivity contribution in [1.82, 2.24) is 0 Å². The fourth-order valence-corrected chi connectivity index (χ4v) is 0.905. The van der Waals surface area contributed by atoms with Crippen molar-refractivity contribution in [3.8, 4) is 0 Å². The van der Waals surface area contributed by atoms with Crippen LogP contribution in [0.4, 0.5) is 0 Å². The van der Waals surface area contributed by atoms with Crippen LogP contribution in [0.2, 0.25) is 0 Å². The van der Waals surface area contributed by atoms with Crippen molar-refractivity contribution < 1.29 is 9.84 Å². The summed E-state index contributed by atoms with van der Waals surface area (Å²) < 4.78 is 5.20. The van der Waals surface area contributed by atoms with Gasteiger partial charge in [-0.2, -0.15) is 0 Å². The molecule has 0 unspecified atom stereocenters. The van der Waals surface area contributed by atoms with Crippen molar-refractivity contribution >= 4 is 0 Å². The highest BCUT2D eigenvalue weighted by molar-refractivity contribution is 5.24. The Hall–Kier alpha value is -1.18. The van der Waals surface area contributed by atoms with Gasteiger partial charge in [0.15, 0.2) is 5.76 Å². The summed E-state index contributed by atoms with van der Waals surface area (Å²) in [6, 6.07) is 0. The van der Waals surface area contributed by atoms with Crippen LogP contribution in [0.1, 0.15) is 13.3 Å². The predicted octanol–water partition coefficient (Wildman–Crippen LogP) is 2.31. The summed E-state index contributed by atoms with van der Waals surface area (Å²) in [5.74, 6) is 0.884. The summed E-state index contributed by atoms with van der Waals surface area (Å²) in [6.45, 7) is 2.50. The average Bonchev–Trinajstić information content (AvgIpc) is 2.18. The van der Waals surface area contributed by atoms with Crippen molar-refractivity contribution in [2.24, 2.45) is 0 Å². The van der Waals surface area contributed by atoms with Crippen LogP contribution in [0.5, 0.6) is 0 Å². The van der Waals surface area contributed by atoms with Crippen LogP contribution < -0.4 is 0 Å². The number of ether oxygens (including phenoxy) is 1. The van der Waals surface area contributed by atoms with Gasteiger partial charge in [0.1, 0.15) is 5.76 Å². The third-order valence-corrected chi connectivity index (χ3v) is 1.41.